The highest BCUT2D eigenvalue weighted by Crippen LogP contribution is 2.26. The van der Waals surface area contributed by atoms with Crippen molar-refractivity contribution in [3.05, 3.63) is 77.9 Å². The molecule has 0 saturated heterocycles. The molecule has 0 radical (unpaired) electrons. The molecule has 1 N–H and O–H groups in total. The fourth-order valence-corrected chi connectivity index (χ4v) is 2.96. The standard InChI is InChI=1S/C21H21NO3/c1-24-19-13-6-5-11-18(19)20(25-2)14-22-21(23)17-12-7-9-15-8-3-4-10-16(15)17/h3-13,20H,14H2,1-2H3,(H,22,23)/t20-/m1/s1. The fraction of sp³-hybridized carbons (Fsp3) is 0.190. The van der Waals surface area contributed by atoms with Crippen LogP contribution in [0.25, 0.3) is 10.8 Å². The Hall–Kier alpha value is -2.85. The topological polar surface area (TPSA) is 47.6 Å². The van der Waals surface area contributed by atoms with Gasteiger partial charge in [0.2, 0.25) is 0 Å². The number of ether oxygens (including phenoxy) is 2. The quantitative estimate of drug-likeness (QED) is 0.741. The SMILES string of the molecule is COc1ccccc1[C@@H](CNC(=O)c1cccc2ccccc12)OC. The van der Waals surface area contributed by atoms with Crippen LogP contribution in [-0.2, 0) is 4.74 Å². The van der Waals surface area contributed by atoms with Crippen LogP contribution in [0.3, 0.4) is 0 Å². The predicted molar refractivity (Wildman–Crippen MR) is 99.0 cm³/mol. The third-order valence-electron chi connectivity index (χ3n) is 4.25. The number of carbonyl (C=O) groups excluding carboxylic acids is 1. The average Bonchev–Trinajstić information content (AvgIpc) is 2.68. The number of rotatable bonds is 6. The molecule has 3 aromatic carbocycles. The van der Waals surface area contributed by atoms with Gasteiger partial charge in [-0.05, 0) is 22.9 Å². The summed E-state index contributed by atoms with van der Waals surface area (Å²) in [6, 6.07) is 21.2. The van der Waals surface area contributed by atoms with Gasteiger partial charge in [-0.15, -0.1) is 0 Å². The molecule has 0 saturated carbocycles. The first kappa shape index (κ1) is 17.0. The molecule has 25 heavy (non-hydrogen) atoms. The van der Waals surface area contributed by atoms with Crippen molar-refractivity contribution in [1.82, 2.24) is 5.32 Å². The molecule has 4 nitrogen and oxygen atoms in total. The molecule has 0 heterocycles. The van der Waals surface area contributed by atoms with Crippen LogP contribution >= 0.6 is 0 Å². The summed E-state index contributed by atoms with van der Waals surface area (Å²) in [5.41, 5.74) is 1.57. The first-order valence-corrected chi connectivity index (χ1v) is 8.16. The number of amides is 1. The van der Waals surface area contributed by atoms with Gasteiger partial charge in [-0.1, -0.05) is 54.6 Å². The van der Waals surface area contributed by atoms with Gasteiger partial charge in [0, 0.05) is 24.8 Å². The van der Waals surface area contributed by atoms with Crippen molar-refractivity contribution in [2.45, 2.75) is 6.10 Å². The highest BCUT2D eigenvalue weighted by atomic mass is 16.5. The summed E-state index contributed by atoms with van der Waals surface area (Å²) in [5.74, 6) is 0.627. The van der Waals surface area contributed by atoms with Crippen molar-refractivity contribution in [2.24, 2.45) is 0 Å². The van der Waals surface area contributed by atoms with E-state index in [2.05, 4.69) is 5.32 Å². The summed E-state index contributed by atoms with van der Waals surface area (Å²) in [6.07, 6.45) is -0.282. The summed E-state index contributed by atoms with van der Waals surface area (Å²) in [6.45, 7) is 0.360. The lowest BCUT2D eigenvalue weighted by molar-refractivity contribution is 0.0820. The maximum Gasteiger partial charge on any atom is 0.252 e. The molecule has 0 aliphatic carbocycles. The Morgan fingerprint density at radius 2 is 1.68 bits per heavy atom. The molecule has 128 valence electrons. The summed E-state index contributed by atoms with van der Waals surface area (Å²) in [4.78, 5) is 12.7. The van der Waals surface area contributed by atoms with E-state index in [1.807, 2.05) is 66.7 Å². The van der Waals surface area contributed by atoms with Gasteiger partial charge in [0.05, 0.1) is 7.11 Å². The molecule has 0 unspecified atom stereocenters. The van der Waals surface area contributed by atoms with E-state index in [1.54, 1.807) is 14.2 Å². The zero-order valence-electron chi connectivity index (χ0n) is 14.4. The van der Waals surface area contributed by atoms with Gasteiger partial charge in [0.25, 0.3) is 5.91 Å². The number of carbonyl (C=O) groups is 1. The number of benzene rings is 3. The molecule has 0 aliphatic rings. The van der Waals surface area contributed by atoms with E-state index in [9.17, 15) is 4.79 Å². The zero-order chi connectivity index (χ0) is 17.6. The molecule has 4 heteroatoms. The van der Waals surface area contributed by atoms with E-state index in [-0.39, 0.29) is 12.0 Å². The number of nitrogens with one attached hydrogen (secondary N) is 1. The van der Waals surface area contributed by atoms with Crippen molar-refractivity contribution in [1.29, 1.82) is 0 Å². The second kappa shape index (κ2) is 7.81. The molecular weight excluding hydrogens is 314 g/mol. The predicted octanol–water partition coefficient (Wildman–Crippen LogP) is 3.97. The average molecular weight is 335 g/mol. The van der Waals surface area contributed by atoms with Crippen LogP contribution < -0.4 is 10.1 Å². The van der Waals surface area contributed by atoms with Crippen molar-refractivity contribution < 1.29 is 14.3 Å². The maximum atomic E-state index is 12.7. The van der Waals surface area contributed by atoms with E-state index >= 15 is 0 Å². The first-order chi connectivity index (χ1) is 12.2. The van der Waals surface area contributed by atoms with Crippen molar-refractivity contribution in [2.75, 3.05) is 20.8 Å². The molecule has 1 amide bonds. The molecule has 3 rings (SSSR count). The summed E-state index contributed by atoms with van der Waals surface area (Å²) in [7, 11) is 3.25. The second-order valence-corrected chi connectivity index (χ2v) is 5.70. The number of para-hydroxylation sites is 1. The van der Waals surface area contributed by atoms with Gasteiger partial charge in [-0.25, -0.2) is 0 Å². The van der Waals surface area contributed by atoms with Crippen molar-refractivity contribution >= 4 is 16.7 Å². The lowest BCUT2D eigenvalue weighted by atomic mass is 10.0. The molecule has 0 aliphatic heterocycles. The molecular formula is C21H21NO3. The number of methoxy groups -OCH3 is 2. The van der Waals surface area contributed by atoms with Gasteiger partial charge >= 0.3 is 0 Å². The molecule has 0 fully saturated rings. The number of hydrogen-bond donors (Lipinski definition) is 1. The van der Waals surface area contributed by atoms with Crippen molar-refractivity contribution in [3.63, 3.8) is 0 Å². The van der Waals surface area contributed by atoms with E-state index in [4.69, 9.17) is 9.47 Å². The van der Waals surface area contributed by atoms with E-state index < -0.39 is 0 Å². The van der Waals surface area contributed by atoms with Crippen LogP contribution in [0, 0.1) is 0 Å². The Bertz CT molecular complexity index is 870. The molecule has 1 atom stereocenters. The highest BCUT2D eigenvalue weighted by Gasteiger charge is 2.17. The lowest BCUT2D eigenvalue weighted by Crippen LogP contribution is -2.29. The van der Waals surface area contributed by atoms with Crippen molar-refractivity contribution in [3.8, 4) is 5.75 Å². The fourth-order valence-electron chi connectivity index (χ4n) is 2.96. The summed E-state index contributed by atoms with van der Waals surface area (Å²) >= 11 is 0. The minimum atomic E-state index is -0.282. The molecule has 0 spiro atoms. The second-order valence-electron chi connectivity index (χ2n) is 5.70. The monoisotopic (exact) mass is 335 g/mol. The largest absolute Gasteiger partial charge is 0.496 e. The third-order valence-corrected chi connectivity index (χ3v) is 4.25. The zero-order valence-corrected chi connectivity index (χ0v) is 14.4. The Kier molecular flexibility index (Phi) is 5.31. The Morgan fingerprint density at radius 3 is 2.48 bits per heavy atom. The Balaban J connectivity index is 1.78. The minimum Gasteiger partial charge on any atom is -0.496 e. The lowest BCUT2D eigenvalue weighted by Gasteiger charge is -2.19. The van der Waals surface area contributed by atoms with E-state index in [0.717, 1.165) is 22.1 Å². The van der Waals surface area contributed by atoms with E-state index in [1.165, 1.54) is 0 Å². The molecule has 3 aromatic rings. The summed E-state index contributed by atoms with van der Waals surface area (Å²) < 4.78 is 10.9. The number of fused-ring (bicyclic) bond motifs is 1. The molecule has 0 aromatic heterocycles. The van der Waals surface area contributed by atoms with Crippen LogP contribution in [0.5, 0.6) is 5.75 Å². The highest BCUT2D eigenvalue weighted by molar-refractivity contribution is 6.07. The molecule has 0 bridgehead atoms. The first-order valence-electron chi connectivity index (χ1n) is 8.16. The maximum absolute atomic E-state index is 12.7. The van der Waals surface area contributed by atoms with Crippen LogP contribution in [0.15, 0.2) is 66.7 Å². The Morgan fingerprint density at radius 1 is 0.960 bits per heavy atom. The normalized spacial score (nSPS) is 11.9. The van der Waals surface area contributed by atoms with E-state index in [0.29, 0.717) is 12.1 Å². The van der Waals surface area contributed by atoms with Gasteiger partial charge in [-0.3, -0.25) is 4.79 Å². The van der Waals surface area contributed by atoms with Crippen LogP contribution in [0.4, 0.5) is 0 Å². The number of hydrogen-bond acceptors (Lipinski definition) is 3. The van der Waals surface area contributed by atoms with Gasteiger partial charge in [-0.2, -0.15) is 0 Å². The van der Waals surface area contributed by atoms with Crippen LogP contribution in [-0.4, -0.2) is 26.7 Å². The minimum absolute atomic E-state index is 0.117. The summed E-state index contributed by atoms with van der Waals surface area (Å²) in [5, 5.41) is 4.96. The van der Waals surface area contributed by atoms with Crippen LogP contribution in [0.2, 0.25) is 0 Å². The smallest absolute Gasteiger partial charge is 0.252 e. The Labute approximate surface area is 147 Å². The van der Waals surface area contributed by atoms with Gasteiger partial charge in [0.15, 0.2) is 0 Å². The van der Waals surface area contributed by atoms with Gasteiger partial charge in [0.1, 0.15) is 11.9 Å². The third kappa shape index (κ3) is 3.64. The van der Waals surface area contributed by atoms with Crippen LogP contribution in [0.1, 0.15) is 22.0 Å². The van der Waals surface area contributed by atoms with Gasteiger partial charge < -0.3 is 14.8 Å².